The molecular weight excluding hydrogens is 572 g/mol. The summed E-state index contributed by atoms with van der Waals surface area (Å²) >= 11 is 6.45. The summed E-state index contributed by atoms with van der Waals surface area (Å²) < 4.78 is 27.0. The Bertz CT molecular complexity index is 1880. The van der Waals surface area contributed by atoms with Gasteiger partial charge in [-0.2, -0.15) is 0 Å². The van der Waals surface area contributed by atoms with E-state index in [0.29, 0.717) is 47.7 Å². The molecule has 214 valence electrons. The first-order valence-electron chi connectivity index (χ1n) is 13.7. The molecule has 0 radical (unpaired) electrons. The van der Waals surface area contributed by atoms with E-state index in [1.54, 1.807) is 16.8 Å². The van der Waals surface area contributed by atoms with E-state index in [0.717, 1.165) is 27.9 Å². The lowest BCUT2D eigenvalue weighted by Gasteiger charge is -2.28. The molecule has 0 aliphatic carbocycles. The highest BCUT2D eigenvalue weighted by atomic mass is 35.5. The number of carbonyl (C=O) groups excluding carboxylic acids is 1. The Morgan fingerprint density at radius 1 is 1.00 bits per heavy atom. The second-order valence-corrected chi connectivity index (χ2v) is 12.8. The summed E-state index contributed by atoms with van der Waals surface area (Å²) in [5.74, 6) is -0.0930. The predicted molar refractivity (Wildman–Crippen MR) is 163 cm³/mol. The minimum atomic E-state index is -3.19. The van der Waals surface area contributed by atoms with Crippen LogP contribution in [0.1, 0.15) is 40.4 Å². The Labute approximate surface area is 249 Å². The molecular formula is C31H29ClN6O3S. The summed E-state index contributed by atoms with van der Waals surface area (Å²) in [6.07, 6.45) is 4.53. The van der Waals surface area contributed by atoms with Crippen LogP contribution < -0.4 is 5.32 Å². The van der Waals surface area contributed by atoms with Gasteiger partial charge in [-0.05, 0) is 42.7 Å². The number of sulfonamides is 1. The molecule has 0 spiro atoms. The topological polar surface area (TPSA) is 110 Å². The molecule has 1 saturated heterocycles. The van der Waals surface area contributed by atoms with Gasteiger partial charge < -0.3 is 5.32 Å². The van der Waals surface area contributed by atoms with Gasteiger partial charge in [0, 0.05) is 41.5 Å². The average Bonchev–Trinajstić information content (AvgIpc) is 3.50. The molecule has 11 heteroatoms. The standard InChI is InChI=1S/C31H29ClN6O3S/c1-42(40,41)37-16-14-21(15-17-37)29-20-38(36-35-29)30-13-7-2-8-22(30)19-33-31(39)25-18-28(24-10-3-5-11-26(24)32)34-27-12-6-4-9-23(25)27/h2-13,18,20-21H,14-17,19H2,1H3,(H,33,39). The quantitative estimate of drug-likeness (QED) is 0.275. The first kappa shape index (κ1) is 28.0. The zero-order valence-electron chi connectivity index (χ0n) is 22.9. The van der Waals surface area contributed by atoms with Gasteiger partial charge in [-0.15, -0.1) is 5.10 Å². The number of hydrogen-bond acceptors (Lipinski definition) is 6. The number of nitrogens with zero attached hydrogens (tertiary/aromatic N) is 5. The van der Waals surface area contributed by atoms with Crippen molar-refractivity contribution >= 4 is 38.4 Å². The number of para-hydroxylation sites is 2. The molecule has 1 aliphatic rings. The van der Waals surface area contributed by atoms with Crippen molar-refractivity contribution in [3.8, 4) is 16.9 Å². The van der Waals surface area contributed by atoms with Crippen molar-refractivity contribution in [2.75, 3.05) is 19.3 Å². The molecule has 2 aromatic heterocycles. The van der Waals surface area contributed by atoms with Gasteiger partial charge in [0.05, 0.1) is 40.6 Å². The van der Waals surface area contributed by atoms with Gasteiger partial charge in [-0.3, -0.25) is 4.79 Å². The molecule has 0 unspecified atom stereocenters. The van der Waals surface area contributed by atoms with E-state index in [1.807, 2.05) is 72.9 Å². The van der Waals surface area contributed by atoms with Crippen molar-refractivity contribution in [2.24, 2.45) is 0 Å². The number of carbonyl (C=O) groups is 1. The second-order valence-electron chi connectivity index (χ2n) is 10.4. The molecule has 3 heterocycles. The summed E-state index contributed by atoms with van der Waals surface area (Å²) in [5.41, 5.74) is 5.11. The van der Waals surface area contributed by atoms with Crippen LogP contribution in [-0.4, -0.2) is 58.0 Å². The van der Waals surface area contributed by atoms with E-state index in [-0.39, 0.29) is 18.4 Å². The highest BCUT2D eigenvalue weighted by Crippen LogP contribution is 2.30. The van der Waals surface area contributed by atoms with E-state index >= 15 is 0 Å². The van der Waals surface area contributed by atoms with Crippen molar-refractivity contribution in [1.29, 1.82) is 0 Å². The number of pyridine rings is 1. The Hall–Kier alpha value is -4.12. The second kappa shape index (κ2) is 11.6. The zero-order valence-corrected chi connectivity index (χ0v) is 24.5. The summed E-state index contributed by atoms with van der Waals surface area (Å²) in [6.45, 7) is 1.22. The third-order valence-electron chi connectivity index (χ3n) is 7.64. The molecule has 0 bridgehead atoms. The Balaban J connectivity index is 1.22. The van der Waals surface area contributed by atoms with E-state index in [2.05, 4.69) is 15.6 Å². The van der Waals surface area contributed by atoms with Crippen LogP contribution >= 0.6 is 11.6 Å². The van der Waals surface area contributed by atoms with Gasteiger partial charge in [0.25, 0.3) is 5.91 Å². The highest BCUT2D eigenvalue weighted by molar-refractivity contribution is 7.88. The van der Waals surface area contributed by atoms with Gasteiger partial charge in [0.2, 0.25) is 10.0 Å². The van der Waals surface area contributed by atoms with Crippen LogP contribution in [0.15, 0.2) is 85.1 Å². The molecule has 1 amide bonds. The number of aromatic nitrogens is 4. The summed E-state index contributed by atoms with van der Waals surface area (Å²) in [5, 5.41) is 13.2. The number of benzene rings is 3. The van der Waals surface area contributed by atoms with Crippen LogP contribution in [0.2, 0.25) is 5.02 Å². The summed E-state index contributed by atoms with van der Waals surface area (Å²) in [7, 11) is -3.19. The third kappa shape index (κ3) is 5.78. The Morgan fingerprint density at radius 2 is 1.71 bits per heavy atom. The van der Waals surface area contributed by atoms with Crippen molar-refractivity contribution in [1.82, 2.24) is 29.6 Å². The van der Waals surface area contributed by atoms with E-state index in [4.69, 9.17) is 16.6 Å². The maximum absolute atomic E-state index is 13.6. The third-order valence-corrected chi connectivity index (χ3v) is 9.27. The fourth-order valence-electron chi connectivity index (χ4n) is 5.39. The molecule has 42 heavy (non-hydrogen) atoms. The van der Waals surface area contributed by atoms with Crippen LogP contribution in [0.5, 0.6) is 0 Å². The number of fused-ring (bicyclic) bond motifs is 1. The summed E-state index contributed by atoms with van der Waals surface area (Å²) in [6, 6.07) is 24.5. The van der Waals surface area contributed by atoms with Gasteiger partial charge in [0.1, 0.15) is 0 Å². The number of amides is 1. The number of piperidine rings is 1. The van der Waals surface area contributed by atoms with E-state index in [1.165, 1.54) is 10.6 Å². The van der Waals surface area contributed by atoms with Crippen LogP contribution in [0.4, 0.5) is 0 Å². The van der Waals surface area contributed by atoms with E-state index < -0.39 is 10.0 Å². The zero-order chi connectivity index (χ0) is 29.3. The minimum Gasteiger partial charge on any atom is -0.348 e. The first-order valence-corrected chi connectivity index (χ1v) is 15.9. The lowest BCUT2D eigenvalue weighted by molar-refractivity contribution is 0.0952. The molecule has 3 aromatic carbocycles. The van der Waals surface area contributed by atoms with Gasteiger partial charge >= 0.3 is 0 Å². The largest absolute Gasteiger partial charge is 0.348 e. The lowest BCUT2D eigenvalue weighted by atomic mass is 9.95. The number of halogens is 1. The normalized spacial score (nSPS) is 14.7. The highest BCUT2D eigenvalue weighted by Gasteiger charge is 2.27. The molecule has 0 atom stereocenters. The maximum Gasteiger partial charge on any atom is 0.252 e. The van der Waals surface area contributed by atoms with Crippen molar-refractivity contribution < 1.29 is 13.2 Å². The van der Waals surface area contributed by atoms with Crippen LogP contribution in [0, 0.1) is 0 Å². The number of hydrogen-bond donors (Lipinski definition) is 1. The van der Waals surface area contributed by atoms with Crippen LogP contribution in [-0.2, 0) is 16.6 Å². The monoisotopic (exact) mass is 600 g/mol. The van der Waals surface area contributed by atoms with Crippen LogP contribution in [0.3, 0.4) is 0 Å². The van der Waals surface area contributed by atoms with Crippen molar-refractivity contribution in [2.45, 2.75) is 25.3 Å². The Morgan fingerprint density at radius 3 is 2.50 bits per heavy atom. The fraction of sp³-hybridized carbons (Fsp3) is 0.226. The average molecular weight is 601 g/mol. The Kier molecular flexibility index (Phi) is 7.76. The van der Waals surface area contributed by atoms with Crippen molar-refractivity contribution in [3.05, 3.63) is 107 Å². The first-order chi connectivity index (χ1) is 20.3. The van der Waals surface area contributed by atoms with Crippen molar-refractivity contribution in [3.63, 3.8) is 0 Å². The SMILES string of the molecule is CS(=O)(=O)N1CCC(c2cn(-c3ccccc3CNC(=O)c3cc(-c4ccccc4Cl)nc4ccccc34)nn2)CC1. The molecule has 5 aromatic rings. The van der Waals surface area contributed by atoms with Gasteiger partial charge in [-0.1, -0.05) is 71.4 Å². The smallest absolute Gasteiger partial charge is 0.252 e. The van der Waals surface area contributed by atoms with Crippen LogP contribution in [0.25, 0.3) is 27.8 Å². The lowest BCUT2D eigenvalue weighted by Crippen LogP contribution is -2.37. The predicted octanol–water partition coefficient (Wildman–Crippen LogP) is 5.20. The molecule has 1 aliphatic heterocycles. The maximum atomic E-state index is 13.6. The number of nitrogens with one attached hydrogen (secondary N) is 1. The van der Waals surface area contributed by atoms with Gasteiger partial charge in [0.15, 0.2) is 0 Å². The van der Waals surface area contributed by atoms with E-state index in [9.17, 15) is 13.2 Å². The molecule has 0 saturated carbocycles. The molecule has 6 rings (SSSR count). The molecule has 9 nitrogen and oxygen atoms in total. The van der Waals surface area contributed by atoms with Gasteiger partial charge in [-0.25, -0.2) is 22.4 Å². The molecule has 1 fully saturated rings. The minimum absolute atomic E-state index is 0.135. The summed E-state index contributed by atoms with van der Waals surface area (Å²) in [4.78, 5) is 18.4. The fourth-order valence-corrected chi connectivity index (χ4v) is 6.50. The number of rotatable bonds is 7. The molecule has 1 N–H and O–H groups in total.